The van der Waals surface area contributed by atoms with E-state index in [-0.39, 0.29) is 12.0 Å². The second kappa shape index (κ2) is 5.22. The topological polar surface area (TPSA) is 76.0 Å². The first-order valence-electron chi connectivity index (χ1n) is 7.87. The summed E-state index contributed by atoms with van der Waals surface area (Å²) in [7, 11) is 2.07. The van der Waals surface area contributed by atoms with E-state index in [1.807, 2.05) is 26.0 Å². The summed E-state index contributed by atoms with van der Waals surface area (Å²) in [6.07, 6.45) is 0.811. The SMILES string of the molecule is CC.CN1CCC2C(C1)c1cccc3c1N2C(O)(O)C(=O)N3. The van der Waals surface area contributed by atoms with Crippen LogP contribution in [0.4, 0.5) is 11.4 Å². The van der Waals surface area contributed by atoms with Crippen molar-refractivity contribution in [2.24, 2.45) is 0 Å². The number of piperidine rings is 1. The molecule has 3 heterocycles. The Morgan fingerprint density at radius 2 is 2.05 bits per heavy atom. The molecule has 1 saturated heterocycles. The predicted octanol–water partition coefficient (Wildman–Crippen LogP) is 0.911. The van der Waals surface area contributed by atoms with Crippen molar-refractivity contribution in [2.75, 3.05) is 30.4 Å². The number of rotatable bonds is 0. The average Bonchev–Trinajstić information content (AvgIpc) is 2.84. The first kappa shape index (κ1) is 15.3. The highest BCUT2D eigenvalue weighted by atomic mass is 16.5. The van der Waals surface area contributed by atoms with E-state index in [9.17, 15) is 15.0 Å². The van der Waals surface area contributed by atoms with E-state index in [0.717, 1.165) is 30.8 Å². The number of para-hydroxylation sites is 1. The van der Waals surface area contributed by atoms with E-state index < -0.39 is 11.8 Å². The molecule has 6 heteroatoms. The third kappa shape index (κ3) is 1.95. The Labute approximate surface area is 130 Å². The quantitative estimate of drug-likeness (QED) is 0.621. The number of carbonyl (C=O) groups is 1. The number of aliphatic hydroxyl groups is 2. The number of likely N-dealkylation sites (tertiary alicyclic amines) is 1. The van der Waals surface area contributed by atoms with Gasteiger partial charge in [0.05, 0.1) is 11.4 Å². The molecular formula is C16H23N3O3. The monoisotopic (exact) mass is 305 g/mol. The summed E-state index contributed by atoms with van der Waals surface area (Å²) < 4.78 is 0. The lowest BCUT2D eigenvalue weighted by molar-refractivity contribution is -0.182. The number of nitrogens with one attached hydrogen (secondary N) is 1. The summed E-state index contributed by atoms with van der Waals surface area (Å²) in [4.78, 5) is 15.7. The summed E-state index contributed by atoms with van der Waals surface area (Å²) in [5, 5.41) is 23.1. The third-order valence-electron chi connectivity index (χ3n) is 4.71. The lowest BCUT2D eigenvalue weighted by Gasteiger charge is -2.44. The Balaban J connectivity index is 0.000000693. The smallest absolute Gasteiger partial charge is 0.331 e. The van der Waals surface area contributed by atoms with Gasteiger partial charge in [-0.25, -0.2) is 0 Å². The Hall–Kier alpha value is -1.63. The zero-order valence-corrected chi connectivity index (χ0v) is 13.2. The Bertz CT molecular complexity index is 602. The molecule has 0 aromatic heterocycles. The largest absolute Gasteiger partial charge is 0.341 e. The minimum Gasteiger partial charge on any atom is -0.341 e. The van der Waals surface area contributed by atoms with Crippen LogP contribution in [0.2, 0.25) is 0 Å². The van der Waals surface area contributed by atoms with Gasteiger partial charge < -0.3 is 25.3 Å². The molecule has 3 aliphatic rings. The van der Waals surface area contributed by atoms with Gasteiger partial charge >= 0.3 is 11.8 Å². The van der Waals surface area contributed by atoms with Gasteiger partial charge in [-0.15, -0.1) is 0 Å². The molecule has 0 aliphatic carbocycles. The van der Waals surface area contributed by atoms with Crippen LogP contribution in [-0.2, 0) is 4.79 Å². The van der Waals surface area contributed by atoms with Gasteiger partial charge in [0.1, 0.15) is 0 Å². The Kier molecular flexibility index (Phi) is 3.63. The highest BCUT2D eigenvalue weighted by Gasteiger charge is 2.55. The Morgan fingerprint density at radius 3 is 2.77 bits per heavy atom. The molecule has 0 radical (unpaired) electrons. The van der Waals surface area contributed by atoms with Crippen LogP contribution in [0.1, 0.15) is 31.7 Å². The number of anilines is 2. The van der Waals surface area contributed by atoms with E-state index in [4.69, 9.17) is 0 Å². The van der Waals surface area contributed by atoms with Crippen LogP contribution in [0.5, 0.6) is 0 Å². The number of hydrogen-bond donors (Lipinski definition) is 3. The molecule has 6 nitrogen and oxygen atoms in total. The molecular weight excluding hydrogens is 282 g/mol. The summed E-state index contributed by atoms with van der Waals surface area (Å²) in [5.74, 6) is -3.03. The summed E-state index contributed by atoms with van der Waals surface area (Å²) >= 11 is 0. The molecule has 2 atom stereocenters. The molecule has 2 unspecified atom stereocenters. The highest BCUT2D eigenvalue weighted by Crippen LogP contribution is 2.52. The number of benzene rings is 1. The minimum atomic E-state index is -2.46. The van der Waals surface area contributed by atoms with Crippen molar-refractivity contribution >= 4 is 17.3 Å². The number of nitrogens with zero attached hydrogens (tertiary/aromatic N) is 2. The zero-order chi connectivity index (χ0) is 16.1. The fraction of sp³-hybridized carbons (Fsp3) is 0.562. The van der Waals surface area contributed by atoms with Crippen LogP contribution < -0.4 is 10.2 Å². The number of likely N-dealkylation sites (N-methyl/N-ethyl adjacent to an activating group) is 1. The van der Waals surface area contributed by atoms with E-state index in [0.29, 0.717) is 5.69 Å². The molecule has 0 spiro atoms. The number of hydrogen-bond acceptors (Lipinski definition) is 5. The van der Waals surface area contributed by atoms with Crippen LogP contribution in [0.15, 0.2) is 18.2 Å². The lowest BCUT2D eigenvalue weighted by Crippen LogP contribution is -2.63. The molecule has 1 aromatic rings. The number of fused-ring (bicyclic) bond motifs is 3. The van der Waals surface area contributed by atoms with Gasteiger partial charge in [-0.2, -0.15) is 0 Å². The highest BCUT2D eigenvalue weighted by molar-refractivity contribution is 6.06. The van der Waals surface area contributed by atoms with Crippen molar-refractivity contribution in [3.05, 3.63) is 23.8 Å². The van der Waals surface area contributed by atoms with Crippen LogP contribution in [0.25, 0.3) is 0 Å². The van der Waals surface area contributed by atoms with Crippen molar-refractivity contribution in [1.29, 1.82) is 0 Å². The van der Waals surface area contributed by atoms with Gasteiger partial charge in [0.2, 0.25) is 0 Å². The van der Waals surface area contributed by atoms with Gasteiger partial charge in [0.15, 0.2) is 0 Å². The van der Waals surface area contributed by atoms with Gasteiger partial charge in [0.25, 0.3) is 0 Å². The van der Waals surface area contributed by atoms with Crippen LogP contribution in [0, 0.1) is 0 Å². The second-order valence-corrected chi connectivity index (χ2v) is 5.93. The van der Waals surface area contributed by atoms with Gasteiger partial charge in [-0.05, 0) is 31.6 Å². The van der Waals surface area contributed by atoms with Crippen molar-refractivity contribution in [3.63, 3.8) is 0 Å². The molecule has 3 aliphatic heterocycles. The lowest BCUT2D eigenvalue weighted by atomic mass is 9.89. The molecule has 1 amide bonds. The first-order valence-corrected chi connectivity index (χ1v) is 7.87. The summed E-state index contributed by atoms with van der Waals surface area (Å²) in [6.45, 7) is 5.75. The van der Waals surface area contributed by atoms with Crippen LogP contribution >= 0.6 is 0 Å². The second-order valence-electron chi connectivity index (χ2n) is 5.93. The maximum atomic E-state index is 11.9. The average molecular weight is 305 g/mol. The Morgan fingerprint density at radius 1 is 1.32 bits per heavy atom. The molecule has 3 N–H and O–H groups in total. The molecule has 120 valence electrons. The van der Waals surface area contributed by atoms with Crippen molar-refractivity contribution < 1.29 is 15.0 Å². The van der Waals surface area contributed by atoms with Gasteiger partial charge in [-0.3, -0.25) is 4.79 Å². The fourth-order valence-corrected chi connectivity index (χ4v) is 3.82. The van der Waals surface area contributed by atoms with Crippen molar-refractivity contribution in [3.8, 4) is 0 Å². The third-order valence-corrected chi connectivity index (χ3v) is 4.71. The van der Waals surface area contributed by atoms with Crippen molar-refractivity contribution in [1.82, 2.24) is 4.90 Å². The van der Waals surface area contributed by atoms with Gasteiger partial charge in [-0.1, -0.05) is 26.0 Å². The van der Waals surface area contributed by atoms with Gasteiger partial charge in [0, 0.05) is 18.5 Å². The molecule has 0 saturated carbocycles. The fourth-order valence-electron chi connectivity index (χ4n) is 3.82. The normalized spacial score (nSPS) is 28.2. The number of amides is 1. The van der Waals surface area contributed by atoms with E-state index in [1.165, 1.54) is 4.90 Å². The van der Waals surface area contributed by atoms with Crippen LogP contribution in [-0.4, -0.2) is 53.1 Å². The minimum absolute atomic E-state index is 0.0385. The predicted molar refractivity (Wildman–Crippen MR) is 84.7 cm³/mol. The van der Waals surface area contributed by atoms with E-state index in [1.54, 1.807) is 6.07 Å². The molecule has 4 rings (SSSR count). The molecule has 0 bridgehead atoms. The number of carbonyl (C=O) groups excluding carboxylic acids is 1. The first-order chi connectivity index (χ1) is 10.5. The summed E-state index contributed by atoms with van der Waals surface area (Å²) in [6, 6.07) is 5.69. The molecule has 1 aromatic carbocycles. The standard InChI is InChI=1S/C14H17N3O3.C2H6/c1-16-6-5-11-9(7-16)8-3-2-4-10-12(8)17(11)14(19,20)13(18)15-10;1-2/h2-4,9,11,19-20H,5-7H2,1H3,(H,15,18);1-2H3. The van der Waals surface area contributed by atoms with Crippen molar-refractivity contribution in [2.45, 2.75) is 38.1 Å². The maximum absolute atomic E-state index is 11.9. The zero-order valence-electron chi connectivity index (χ0n) is 13.2. The molecule has 22 heavy (non-hydrogen) atoms. The maximum Gasteiger partial charge on any atom is 0.331 e. The van der Waals surface area contributed by atoms with E-state index >= 15 is 0 Å². The summed E-state index contributed by atoms with van der Waals surface area (Å²) in [5.41, 5.74) is 2.53. The molecule has 1 fully saturated rings. The van der Waals surface area contributed by atoms with Crippen LogP contribution in [0.3, 0.4) is 0 Å². The van der Waals surface area contributed by atoms with E-state index in [2.05, 4.69) is 17.3 Å².